The molecule has 0 radical (unpaired) electrons. The first-order valence-corrected chi connectivity index (χ1v) is 9.59. The molecule has 0 unspecified atom stereocenters. The molecule has 0 aromatic heterocycles. The summed E-state index contributed by atoms with van der Waals surface area (Å²) in [4.78, 5) is 23.6. The lowest BCUT2D eigenvalue weighted by Gasteiger charge is -2.10. The van der Waals surface area contributed by atoms with Gasteiger partial charge < -0.3 is 0 Å². The van der Waals surface area contributed by atoms with Crippen LogP contribution in [0.15, 0.2) is 47.4 Å². The van der Waals surface area contributed by atoms with E-state index >= 15 is 0 Å². The monoisotopic (exact) mass is 393 g/mol. The zero-order chi connectivity index (χ0) is 20.0. The van der Waals surface area contributed by atoms with E-state index < -0.39 is 27.7 Å². The van der Waals surface area contributed by atoms with Crippen LogP contribution in [0.1, 0.15) is 27.9 Å². The van der Waals surface area contributed by atoms with E-state index in [-0.39, 0.29) is 23.4 Å². The Morgan fingerprint density at radius 2 is 1.70 bits per heavy atom. The third-order valence-electron chi connectivity index (χ3n) is 3.87. The number of carbonyl (C=O) groups is 2. The standard InChI is InChI=1S/C18H20FN3O4S/c1-12-7-8-14(11-13(12)2)27(25,26)20-10-9-17(23)21-22-18(24)15-5-3-4-6-16(15)19/h3-8,11,20H,9-10H2,1-2H3,(H,21,23)(H,22,24). The summed E-state index contributed by atoms with van der Waals surface area (Å²) in [7, 11) is -3.74. The normalized spacial score (nSPS) is 11.1. The van der Waals surface area contributed by atoms with Gasteiger partial charge in [0.25, 0.3) is 5.91 Å². The Bertz CT molecular complexity index is 961. The first-order valence-electron chi connectivity index (χ1n) is 8.11. The molecule has 3 N–H and O–H groups in total. The molecule has 7 nitrogen and oxygen atoms in total. The van der Waals surface area contributed by atoms with Crippen LogP contribution in [-0.2, 0) is 14.8 Å². The minimum Gasteiger partial charge on any atom is -0.273 e. The molecule has 2 aromatic rings. The molecule has 0 aliphatic rings. The van der Waals surface area contributed by atoms with Crippen LogP contribution in [0.2, 0.25) is 0 Å². The van der Waals surface area contributed by atoms with Gasteiger partial charge in [-0.2, -0.15) is 0 Å². The quantitative estimate of drug-likeness (QED) is 0.648. The molecule has 9 heteroatoms. The smallest absolute Gasteiger partial charge is 0.272 e. The number of carbonyl (C=O) groups excluding carboxylic acids is 2. The summed E-state index contributed by atoms with van der Waals surface area (Å²) in [6, 6.07) is 10.1. The van der Waals surface area contributed by atoms with Crippen molar-refractivity contribution in [1.29, 1.82) is 0 Å². The van der Waals surface area contributed by atoms with Gasteiger partial charge in [-0.15, -0.1) is 0 Å². The molecule has 0 atom stereocenters. The Balaban J connectivity index is 1.82. The number of aryl methyl sites for hydroxylation is 2. The van der Waals surface area contributed by atoms with Crippen LogP contribution >= 0.6 is 0 Å². The fourth-order valence-corrected chi connectivity index (χ4v) is 3.28. The Kier molecular flexibility index (Phi) is 6.65. The average molecular weight is 393 g/mol. The average Bonchev–Trinajstić information content (AvgIpc) is 2.62. The van der Waals surface area contributed by atoms with Crippen LogP contribution in [0.4, 0.5) is 4.39 Å². The highest BCUT2D eigenvalue weighted by atomic mass is 32.2. The summed E-state index contributed by atoms with van der Waals surface area (Å²) in [5.41, 5.74) is 5.78. The number of hydrogen-bond acceptors (Lipinski definition) is 4. The predicted octanol–water partition coefficient (Wildman–Crippen LogP) is 1.57. The van der Waals surface area contributed by atoms with Crippen LogP contribution in [-0.4, -0.2) is 26.8 Å². The molecule has 2 rings (SSSR count). The van der Waals surface area contributed by atoms with Gasteiger partial charge in [0.2, 0.25) is 15.9 Å². The highest BCUT2D eigenvalue weighted by Crippen LogP contribution is 2.14. The van der Waals surface area contributed by atoms with Crippen LogP contribution in [0, 0.1) is 19.7 Å². The van der Waals surface area contributed by atoms with E-state index in [1.165, 1.54) is 24.3 Å². The van der Waals surface area contributed by atoms with Crippen molar-refractivity contribution in [2.45, 2.75) is 25.2 Å². The Morgan fingerprint density at radius 3 is 2.37 bits per heavy atom. The fraction of sp³-hybridized carbons (Fsp3) is 0.222. The van der Waals surface area contributed by atoms with Gasteiger partial charge in [0.1, 0.15) is 5.82 Å². The Morgan fingerprint density at radius 1 is 1.00 bits per heavy atom. The van der Waals surface area contributed by atoms with Crippen molar-refractivity contribution in [3.63, 3.8) is 0 Å². The second kappa shape index (κ2) is 8.74. The number of hydrazine groups is 1. The molecule has 0 heterocycles. The highest BCUT2D eigenvalue weighted by molar-refractivity contribution is 7.89. The SMILES string of the molecule is Cc1ccc(S(=O)(=O)NCCC(=O)NNC(=O)c2ccccc2F)cc1C. The van der Waals surface area contributed by atoms with Crippen LogP contribution < -0.4 is 15.6 Å². The van der Waals surface area contributed by atoms with E-state index in [9.17, 15) is 22.4 Å². The molecule has 2 amide bonds. The van der Waals surface area contributed by atoms with E-state index in [0.29, 0.717) is 0 Å². The zero-order valence-corrected chi connectivity index (χ0v) is 15.7. The summed E-state index contributed by atoms with van der Waals surface area (Å²) in [6.07, 6.45) is -0.207. The maximum atomic E-state index is 13.5. The lowest BCUT2D eigenvalue weighted by Crippen LogP contribution is -2.43. The minimum absolute atomic E-state index is 0.110. The Hall–Kier alpha value is -2.78. The minimum atomic E-state index is -3.74. The number of rotatable bonds is 6. The molecule has 0 saturated heterocycles. The number of amides is 2. The molecule has 144 valence electrons. The van der Waals surface area contributed by atoms with E-state index in [1.54, 1.807) is 19.1 Å². The van der Waals surface area contributed by atoms with Crippen LogP contribution in [0.25, 0.3) is 0 Å². The summed E-state index contributed by atoms with van der Waals surface area (Å²) in [5, 5.41) is 0. The second-order valence-electron chi connectivity index (χ2n) is 5.88. The molecule has 0 bridgehead atoms. The van der Waals surface area contributed by atoms with Crippen molar-refractivity contribution in [3.8, 4) is 0 Å². The lowest BCUT2D eigenvalue weighted by atomic mass is 10.1. The third-order valence-corrected chi connectivity index (χ3v) is 5.33. The first kappa shape index (κ1) is 20.5. The number of sulfonamides is 1. The van der Waals surface area contributed by atoms with Crippen LogP contribution in [0.3, 0.4) is 0 Å². The summed E-state index contributed by atoms with van der Waals surface area (Å²) in [5.74, 6) is -2.15. The van der Waals surface area contributed by atoms with Gasteiger partial charge in [0.05, 0.1) is 10.5 Å². The molecular weight excluding hydrogens is 373 g/mol. The largest absolute Gasteiger partial charge is 0.273 e. The van der Waals surface area contributed by atoms with Gasteiger partial charge >= 0.3 is 0 Å². The van der Waals surface area contributed by atoms with Crippen molar-refractivity contribution in [2.24, 2.45) is 0 Å². The van der Waals surface area contributed by atoms with Gasteiger partial charge in [-0.1, -0.05) is 18.2 Å². The summed E-state index contributed by atoms with van der Waals surface area (Å²) < 4.78 is 40.2. The molecule has 0 saturated carbocycles. The van der Waals surface area contributed by atoms with Crippen molar-refractivity contribution in [2.75, 3.05) is 6.54 Å². The highest BCUT2D eigenvalue weighted by Gasteiger charge is 2.15. The van der Waals surface area contributed by atoms with E-state index in [1.807, 2.05) is 6.92 Å². The van der Waals surface area contributed by atoms with Crippen molar-refractivity contribution < 1.29 is 22.4 Å². The van der Waals surface area contributed by atoms with Gasteiger partial charge in [0, 0.05) is 13.0 Å². The maximum Gasteiger partial charge on any atom is 0.272 e. The number of benzene rings is 2. The van der Waals surface area contributed by atoms with E-state index in [2.05, 4.69) is 15.6 Å². The molecule has 27 heavy (non-hydrogen) atoms. The number of hydrogen-bond donors (Lipinski definition) is 3. The van der Waals surface area contributed by atoms with Crippen molar-refractivity contribution in [3.05, 3.63) is 65.0 Å². The van der Waals surface area contributed by atoms with Gasteiger partial charge in [0.15, 0.2) is 0 Å². The lowest BCUT2D eigenvalue weighted by molar-refractivity contribution is -0.121. The molecular formula is C18H20FN3O4S. The zero-order valence-electron chi connectivity index (χ0n) is 14.9. The summed E-state index contributed by atoms with van der Waals surface area (Å²) >= 11 is 0. The van der Waals surface area contributed by atoms with Crippen molar-refractivity contribution in [1.82, 2.24) is 15.6 Å². The topological polar surface area (TPSA) is 104 Å². The van der Waals surface area contributed by atoms with Gasteiger partial charge in [-0.3, -0.25) is 20.4 Å². The number of nitrogens with one attached hydrogen (secondary N) is 3. The maximum absolute atomic E-state index is 13.5. The molecule has 0 aliphatic carbocycles. The molecule has 0 aliphatic heterocycles. The number of halogens is 1. The molecule has 0 spiro atoms. The van der Waals surface area contributed by atoms with Gasteiger partial charge in [-0.05, 0) is 49.2 Å². The first-order chi connectivity index (χ1) is 12.7. The summed E-state index contributed by atoms with van der Waals surface area (Å²) in [6.45, 7) is 3.52. The third kappa shape index (κ3) is 5.60. The predicted molar refractivity (Wildman–Crippen MR) is 97.7 cm³/mol. The second-order valence-corrected chi connectivity index (χ2v) is 7.64. The van der Waals surface area contributed by atoms with Crippen molar-refractivity contribution >= 4 is 21.8 Å². The molecule has 0 fully saturated rings. The van der Waals surface area contributed by atoms with Gasteiger partial charge in [-0.25, -0.2) is 17.5 Å². The van der Waals surface area contributed by atoms with Crippen LogP contribution in [0.5, 0.6) is 0 Å². The fourth-order valence-electron chi connectivity index (χ4n) is 2.16. The van der Waals surface area contributed by atoms with E-state index in [4.69, 9.17) is 0 Å². The Labute approximate surface area is 157 Å². The van der Waals surface area contributed by atoms with E-state index in [0.717, 1.165) is 17.2 Å². The molecule has 2 aromatic carbocycles.